The average Bonchev–Trinajstić information content (AvgIpc) is 2.78. The summed E-state index contributed by atoms with van der Waals surface area (Å²) < 4.78 is 39.1. The first kappa shape index (κ1) is 32.6. The third-order valence-corrected chi connectivity index (χ3v) is 4.38. The lowest BCUT2D eigenvalue weighted by Crippen LogP contribution is -2.28. The molecule has 0 spiro atoms. The van der Waals surface area contributed by atoms with Gasteiger partial charge in [0.1, 0.15) is 11.8 Å². The van der Waals surface area contributed by atoms with Crippen LogP contribution in [-0.2, 0) is 4.74 Å². The number of ether oxygens (including phenoxy) is 1. The number of likely N-dealkylation sites (N-methyl/N-ethyl adjacent to an activating group) is 1. The number of halogens is 4. The van der Waals surface area contributed by atoms with Crippen molar-refractivity contribution in [2.45, 2.75) is 54.1 Å². The lowest BCUT2D eigenvalue weighted by molar-refractivity contribution is 0.101. The van der Waals surface area contributed by atoms with Crippen LogP contribution in [0, 0.1) is 13.8 Å². The standard InChI is InChI=1S/C13H18ClNO.C9H9F2NO.C2H6.CH3F/c1-5-16-11(3)9-15(4)13-8-10(2)6-7-12(13)14;1-5-3-7(9(10)11)4-12-8(5)6(2)13;2*1-2/h5-8,11H,1,9H2,2-4H3;3-4,9H,1-2H3;1-2H3;1H3/t11-;;;/m1.../s1. The molecule has 0 aliphatic rings. The Bertz CT molecular complexity index is 848. The van der Waals surface area contributed by atoms with Crippen LogP contribution in [0.2, 0.25) is 5.02 Å². The molecule has 0 radical (unpaired) electrons. The van der Waals surface area contributed by atoms with E-state index in [0.29, 0.717) is 12.7 Å². The molecule has 0 aliphatic carbocycles. The van der Waals surface area contributed by atoms with Gasteiger partial charge in [0, 0.05) is 25.7 Å². The second-order valence-electron chi connectivity index (χ2n) is 6.74. The van der Waals surface area contributed by atoms with Gasteiger partial charge in [-0.1, -0.05) is 38.1 Å². The van der Waals surface area contributed by atoms with Gasteiger partial charge in [-0.3, -0.25) is 14.2 Å². The number of hydrogen-bond acceptors (Lipinski definition) is 4. The van der Waals surface area contributed by atoms with E-state index < -0.39 is 6.43 Å². The SMILES string of the molecule is C=CO[C@H](C)CN(C)c1cc(C)ccc1Cl.CC.CC(=O)c1ncc(C(F)F)cc1C.CF. The van der Waals surface area contributed by atoms with Gasteiger partial charge in [0.05, 0.1) is 30.7 Å². The minimum Gasteiger partial charge on any atom is -0.497 e. The molecule has 33 heavy (non-hydrogen) atoms. The summed E-state index contributed by atoms with van der Waals surface area (Å²) >= 11 is 6.15. The van der Waals surface area contributed by atoms with Crippen LogP contribution in [0.4, 0.5) is 18.9 Å². The minimum atomic E-state index is -2.53. The van der Waals surface area contributed by atoms with Crippen molar-refractivity contribution in [3.63, 3.8) is 0 Å². The van der Waals surface area contributed by atoms with Gasteiger partial charge in [-0.15, -0.1) is 0 Å². The largest absolute Gasteiger partial charge is 0.497 e. The smallest absolute Gasteiger partial charge is 0.265 e. The van der Waals surface area contributed by atoms with Gasteiger partial charge in [-0.25, -0.2) is 8.78 Å². The Labute approximate surface area is 201 Å². The number of nitrogens with zero attached hydrogens (tertiary/aromatic N) is 2. The van der Waals surface area contributed by atoms with Gasteiger partial charge < -0.3 is 9.64 Å². The molecule has 0 aliphatic heterocycles. The fraction of sp³-hybridized carbons (Fsp3) is 0.440. The Balaban J connectivity index is 0. The monoisotopic (exact) mass is 488 g/mol. The van der Waals surface area contributed by atoms with Crippen molar-refractivity contribution in [1.29, 1.82) is 0 Å². The van der Waals surface area contributed by atoms with E-state index in [4.69, 9.17) is 16.3 Å². The summed E-state index contributed by atoms with van der Waals surface area (Å²) in [6.45, 7) is 15.3. The molecule has 186 valence electrons. The van der Waals surface area contributed by atoms with Crippen molar-refractivity contribution in [2.75, 3.05) is 25.7 Å². The predicted molar refractivity (Wildman–Crippen MR) is 133 cm³/mol. The second kappa shape index (κ2) is 18.0. The highest BCUT2D eigenvalue weighted by molar-refractivity contribution is 6.33. The first-order valence-electron chi connectivity index (χ1n) is 10.4. The fourth-order valence-corrected chi connectivity index (χ4v) is 2.95. The van der Waals surface area contributed by atoms with Crippen LogP contribution in [-0.4, -0.2) is 37.6 Å². The van der Waals surface area contributed by atoms with Crippen molar-refractivity contribution in [1.82, 2.24) is 4.98 Å². The zero-order valence-corrected chi connectivity index (χ0v) is 21.5. The first-order valence-corrected chi connectivity index (χ1v) is 10.8. The number of anilines is 1. The molecule has 4 nitrogen and oxygen atoms in total. The summed E-state index contributed by atoms with van der Waals surface area (Å²) in [6.07, 6.45) is 0.0661. The van der Waals surface area contributed by atoms with Crippen LogP contribution in [0.15, 0.2) is 43.3 Å². The Kier molecular flexibility index (Phi) is 17.8. The van der Waals surface area contributed by atoms with Gasteiger partial charge in [0.25, 0.3) is 6.43 Å². The van der Waals surface area contributed by atoms with Crippen LogP contribution in [0.1, 0.15) is 61.3 Å². The maximum Gasteiger partial charge on any atom is 0.265 e. The minimum absolute atomic E-state index is 0.0964. The average molecular weight is 489 g/mol. The van der Waals surface area contributed by atoms with Crippen LogP contribution < -0.4 is 4.90 Å². The van der Waals surface area contributed by atoms with E-state index in [1.807, 2.05) is 40.0 Å². The molecule has 0 fully saturated rings. The number of hydrogen-bond donors (Lipinski definition) is 0. The molecule has 2 aromatic rings. The van der Waals surface area contributed by atoms with Gasteiger partial charge in [-0.05, 0) is 50.1 Å². The highest BCUT2D eigenvalue weighted by Gasteiger charge is 2.12. The maximum atomic E-state index is 12.2. The summed E-state index contributed by atoms with van der Waals surface area (Å²) in [6, 6.07) is 7.28. The predicted octanol–water partition coefficient (Wildman–Crippen LogP) is 7.78. The first-order chi connectivity index (χ1) is 15.6. The Morgan fingerprint density at radius 3 is 2.27 bits per heavy atom. The van der Waals surface area contributed by atoms with Gasteiger partial charge in [0.15, 0.2) is 5.78 Å². The number of rotatable bonds is 7. The Morgan fingerprint density at radius 1 is 1.24 bits per heavy atom. The topological polar surface area (TPSA) is 42.4 Å². The van der Waals surface area contributed by atoms with Crippen molar-refractivity contribution >= 4 is 23.1 Å². The fourth-order valence-electron chi connectivity index (χ4n) is 2.69. The zero-order chi connectivity index (χ0) is 26.1. The summed E-state index contributed by atoms with van der Waals surface area (Å²) in [5.74, 6) is -0.210. The van der Waals surface area contributed by atoms with Gasteiger partial charge >= 0.3 is 0 Å². The molecule has 0 saturated heterocycles. The molecule has 8 heteroatoms. The quantitative estimate of drug-likeness (QED) is 0.295. The van der Waals surface area contributed by atoms with Crippen LogP contribution >= 0.6 is 11.6 Å². The third-order valence-electron chi connectivity index (χ3n) is 4.06. The normalized spacial score (nSPS) is 10.3. The third kappa shape index (κ3) is 12.3. The molecule has 1 atom stereocenters. The van der Waals surface area contributed by atoms with Crippen molar-refractivity contribution in [3.05, 3.63) is 70.7 Å². The number of alkyl halides is 3. The van der Waals surface area contributed by atoms with E-state index in [-0.39, 0.29) is 23.1 Å². The number of pyridine rings is 1. The summed E-state index contributed by atoms with van der Waals surface area (Å²) in [4.78, 5) is 16.7. The van der Waals surface area contributed by atoms with Gasteiger partial charge in [0.2, 0.25) is 0 Å². The molecular formula is C25H36ClF3N2O2. The lowest BCUT2D eigenvalue weighted by atomic mass is 10.1. The van der Waals surface area contributed by atoms with E-state index in [1.54, 1.807) is 6.92 Å². The molecule has 1 aromatic carbocycles. The van der Waals surface area contributed by atoms with Crippen LogP contribution in [0.25, 0.3) is 0 Å². The number of carbonyl (C=O) groups is 1. The van der Waals surface area contributed by atoms with E-state index in [9.17, 15) is 18.0 Å². The zero-order valence-electron chi connectivity index (χ0n) is 20.8. The maximum absolute atomic E-state index is 12.2. The summed E-state index contributed by atoms with van der Waals surface area (Å²) in [7, 11) is 2.50. The highest BCUT2D eigenvalue weighted by Crippen LogP contribution is 2.26. The molecular weight excluding hydrogens is 453 g/mol. The number of benzene rings is 1. The number of ketones is 1. The van der Waals surface area contributed by atoms with Crippen molar-refractivity contribution in [2.24, 2.45) is 0 Å². The number of aromatic nitrogens is 1. The number of carbonyl (C=O) groups excluding carboxylic acids is 1. The molecule has 0 N–H and O–H groups in total. The van der Waals surface area contributed by atoms with Crippen LogP contribution in [0.5, 0.6) is 0 Å². The van der Waals surface area contributed by atoms with E-state index >= 15 is 0 Å². The number of aryl methyl sites for hydroxylation is 2. The van der Waals surface area contributed by atoms with Crippen molar-refractivity contribution in [3.8, 4) is 0 Å². The summed E-state index contributed by atoms with van der Waals surface area (Å²) in [5, 5.41) is 0.763. The van der Waals surface area contributed by atoms with Crippen LogP contribution in [0.3, 0.4) is 0 Å². The highest BCUT2D eigenvalue weighted by atomic mass is 35.5. The molecule has 1 aromatic heterocycles. The second-order valence-corrected chi connectivity index (χ2v) is 7.15. The van der Waals surface area contributed by atoms with Crippen molar-refractivity contribution < 1.29 is 22.7 Å². The molecule has 0 saturated carbocycles. The van der Waals surface area contributed by atoms with Gasteiger partial charge in [-0.2, -0.15) is 0 Å². The molecule has 0 unspecified atom stereocenters. The summed E-state index contributed by atoms with van der Waals surface area (Å²) in [5.41, 5.74) is 2.82. The molecule has 0 amide bonds. The molecule has 1 heterocycles. The Hall–Kier alpha value is -2.54. The van der Waals surface area contributed by atoms with E-state index in [0.717, 1.165) is 23.5 Å². The number of Topliss-reactive ketones (excluding diaryl/α,β-unsaturated/α-hetero) is 1. The lowest BCUT2D eigenvalue weighted by Gasteiger charge is -2.24. The Morgan fingerprint density at radius 2 is 1.82 bits per heavy atom. The van der Waals surface area contributed by atoms with E-state index in [2.05, 4.69) is 29.5 Å². The van der Waals surface area contributed by atoms with E-state index in [1.165, 1.54) is 24.8 Å². The molecule has 0 bridgehead atoms. The molecule has 2 rings (SSSR count).